The van der Waals surface area contributed by atoms with Gasteiger partial charge >= 0.3 is 6.09 Å². The Hall–Kier alpha value is -3.40. The molecule has 1 saturated heterocycles. The highest BCUT2D eigenvalue weighted by Gasteiger charge is 2.40. The number of aromatic nitrogens is 4. The number of ether oxygens (including phenoxy) is 1. The van der Waals surface area contributed by atoms with Gasteiger partial charge in [0.05, 0.1) is 30.6 Å². The number of carbonyl (C=O) groups is 1. The molecule has 1 unspecified atom stereocenters. The molecule has 1 aliphatic heterocycles. The van der Waals surface area contributed by atoms with Gasteiger partial charge in [0, 0.05) is 13.1 Å². The van der Waals surface area contributed by atoms with Gasteiger partial charge in [-0.1, -0.05) is 0 Å². The number of carboxylic acid groups (broad SMARTS) is 1. The molecule has 1 atom stereocenters. The molecule has 4 rings (SSSR count). The van der Waals surface area contributed by atoms with Crippen molar-refractivity contribution in [3.63, 3.8) is 0 Å². The van der Waals surface area contributed by atoms with Gasteiger partial charge in [-0.25, -0.2) is 14.5 Å². The molecule has 1 amide bonds. The summed E-state index contributed by atoms with van der Waals surface area (Å²) in [5.74, 6) is 0.710. The number of nitrogens with zero attached hydrogens (tertiary/aromatic N) is 5. The van der Waals surface area contributed by atoms with E-state index in [1.54, 1.807) is 30.8 Å². The highest BCUT2D eigenvalue weighted by molar-refractivity contribution is 5.75. The van der Waals surface area contributed by atoms with Crippen LogP contribution >= 0.6 is 0 Å². The minimum Gasteiger partial charge on any atom is -0.497 e. The van der Waals surface area contributed by atoms with E-state index < -0.39 is 17.7 Å². The zero-order chi connectivity index (χ0) is 21.5. The van der Waals surface area contributed by atoms with E-state index in [1.165, 1.54) is 22.0 Å². The Morgan fingerprint density at radius 3 is 2.50 bits per heavy atom. The van der Waals surface area contributed by atoms with Crippen LogP contribution in [0.2, 0.25) is 0 Å². The lowest BCUT2D eigenvalue weighted by Crippen LogP contribution is -2.51. The lowest BCUT2D eigenvalue weighted by molar-refractivity contribution is -0.0531. The van der Waals surface area contributed by atoms with Gasteiger partial charge in [-0.2, -0.15) is 5.10 Å². The summed E-state index contributed by atoms with van der Waals surface area (Å²) in [7, 11) is 1.59. The fraction of sp³-hybridized carbons (Fsp3) is 0.400. The van der Waals surface area contributed by atoms with Crippen molar-refractivity contribution >= 4 is 17.1 Å². The molecule has 0 aliphatic carbocycles. The number of benzene rings is 1. The van der Waals surface area contributed by atoms with E-state index in [-0.39, 0.29) is 31.5 Å². The molecule has 3 heterocycles. The molecule has 0 bridgehead atoms. The predicted molar refractivity (Wildman–Crippen MR) is 108 cm³/mol. The van der Waals surface area contributed by atoms with Gasteiger partial charge in [-0.3, -0.25) is 9.36 Å². The van der Waals surface area contributed by atoms with Gasteiger partial charge in [0.2, 0.25) is 0 Å². The third-order valence-electron chi connectivity index (χ3n) is 5.92. The first-order chi connectivity index (χ1) is 14.3. The topological polar surface area (TPSA) is 123 Å². The quantitative estimate of drug-likeness (QED) is 0.667. The SMILES string of the molecule is COc1ccc(-n2ncc3c(=O)n(C(C)C4(O)CCN(C(=O)O)CC4)cnc32)cc1. The molecule has 1 aromatic carbocycles. The number of amides is 1. The predicted octanol–water partition coefficient (Wildman–Crippen LogP) is 1.66. The van der Waals surface area contributed by atoms with E-state index in [9.17, 15) is 14.7 Å². The highest BCUT2D eigenvalue weighted by Crippen LogP contribution is 2.32. The van der Waals surface area contributed by atoms with Gasteiger partial charge in [-0.15, -0.1) is 0 Å². The van der Waals surface area contributed by atoms with E-state index in [0.29, 0.717) is 16.8 Å². The number of aliphatic hydroxyl groups is 1. The summed E-state index contributed by atoms with van der Waals surface area (Å²) < 4.78 is 8.14. The third-order valence-corrected chi connectivity index (χ3v) is 5.92. The zero-order valence-corrected chi connectivity index (χ0v) is 16.7. The fourth-order valence-corrected chi connectivity index (χ4v) is 3.88. The van der Waals surface area contributed by atoms with Crippen molar-refractivity contribution < 1.29 is 19.7 Å². The second-order valence-electron chi connectivity index (χ2n) is 7.50. The molecule has 3 aromatic rings. The van der Waals surface area contributed by atoms with Crippen molar-refractivity contribution in [3.8, 4) is 11.4 Å². The Morgan fingerprint density at radius 2 is 1.90 bits per heavy atom. The van der Waals surface area contributed by atoms with Crippen LogP contribution in [0.5, 0.6) is 5.75 Å². The third kappa shape index (κ3) is 3.28. The molecule has 10 nitrogen and oxygen atoms in total. The number of hydrogen-bond donors (Lipinski definition) is 2. The monoisotopic (exact) mass is 413 g/mol. The van der Waals surface area contributed by atoms with Crippen molar-refractivity contribution in [2.45, 2.75) is 31.4 Å². The molecule has 0 radical (unpaired) electrons. The molecule has 2 N–H and O–H groups in total. The van der Waals surface area contributed by atoms with Crippen molar-refractivity contribution in [2.75, 3.05) is 20.2 Å². The first kappa shape index (κ1) is 19.9. The average Bonchev–Trinajstić information content (AvgIpc) is 3.19. The number of piperidine rings is 1. The van der Waals surface area contributed by atoms with Crippen molar-refractivity contribution in [3.05, 3.63) is 47.1 Å². The van der Waals surface area contributed by atoms with Crippen LogP contribution in [-0.4, -0.2) is 66.3 Å². The summed E-state index contributed by atoms with van der Waals surface area (Å²) in [5, 5.41) is 24.8. The summed E-state index contributed by atoms with van der Waals surface area (Å²) >= 11 is 0. The van der Waals surface area contributed by atoms with Crippen LogP contribution in [0.25, 0.3) is 16.7 Å². The lowest BCUT2D eigenvalue weighted by Gasteiger charge is -2.41. The Kier molecular flexibility index (Phi) is 4.94. The molecular formula is C20H23N5O5. The van der Waals surface area contributed by atoms with Gasteiger partial charge < -0.3 is 19.8 Å². The van der Waals surface area contributed by atoms with Gasteiger partial charge in [0.15, 0.2) is 5.65 Å². The number of fused-ring (bicyclic) bond motifs is 1. The molecule has 2 aromatic heterocycles. The Labute approximate surface area is 171 Å². The molecule has 0 saturated carbocycles. The van der Waals surface area contributed by atoms with E-state index in [0.717, 1.165) is 5.69 Å². The molecule has 1 fully saturated rings. The van der Waals surface area contributed by atoms with Crippen LogP contribution in [0.15, 0.2) is 41.6 Å². The lowest BCUT2D eigenvalue weighted by atomic mass is 9.85. The summed E-state index contributed by atoms with van der Waals surface area (Å²) in [6.45, 7) is 2.19. The minimum absolute atomic E-state index is 0.218. The summed E-state index contributed by atoms with van der Waals surface area (Å²) in [6, 6.07) is 6.67. The number of methoxy groups -OCH3 is 1. The van der Waals surface area contributed by atoms with Crippen LogP contribution in [0, 0.1) is 0 Å². The summed E-state index contributed by atoms with van der Waals surface area (Å²) in [6.07, 6.45) is 2.37. The number of likely N-dealkylation sites (tertiary alicyclic amines) is 1. The Morgan fingerprint density at radius 1 is 1.23 bits per heavy atom. The fourth-order valence-electron chi connectivity index (χ4n) is 3.88. The van der Waals surface area contributed by atoms with Crippen LogP contribution in [0.3, 0.4) is 0 Å². The molecule has 30 heavy (non-hydrogen) atoms. The van der Waals surface area contributed by atoms with Crippen LogP contribution in [0.4, 0.5) is 4.79 Å². The minimum atomic E-state index is -1.20. The Balaban J connectivity index is 1.66. The summed E-state index contributed by atoms with van der Waals surface area (Å²) in [4.78, 5) is 29.9. The average molecular weight is 413 g/mol. The maximum Gasteiger partial charge on any atom is 0.407 e. The molecule has 1 aliphatic rings. The van der Waals surface area contributed by atoms with Gasteiger partial charge in [-0.05, 0) is 44.0 Å². The van der Waals surface area contributed by atoms with E-state index >= 15 is 0 Å². The van der Waals surface area contributed by atoms with Crippen LogP contribution < -0.4 is 10.3 Å². The smallest absolute Gasteiger partial charge is 0.407 e. The van der Waals surface area contributed by atoms with Crippen molar-refractivity contribution in [1.29, 1.82) is 0 Å². The van der Waals surface area contributed by atoms with E-state index in [4.69, 9.17) is 9.84 Å². The molecule has 10 heteroatoms. The zero-order valence-electron chi connectivity index (χ0n) is 16.7. The molecule has 158 valence electrons. The van der Waals surface area contributed by atoms with Gasteiger partial charge in [0.25, 0.3) is 5.56 Å². The number of hydrogen-bond acceptors (Lipinski definition) is 6. The molecular weight excluding hydrogens is 390 g/mol. The highest BCUT2D eigenvalue weighted by atomic mass is 16.5. The maximum absolute atomic E-state index is 13.1. The standard InChI is InChI=1S/C20H23N5O5/c1-13(20(29)7-9-23(10-8-20)19(27)28)24-12-21-17-16(18(24)26)11-22-25(17)14-3-5-15(30-2)6-4-14/h3-6,11-13,29H,7-10H2,1-2H3,(H,27,28). The largest absolute Gasteiger partial charge is 0.497 e. The van der Waals surface area contributed by atoms with E-state index in [1.807, 2.05) is 12.1 Å². The first-order valence-corrected chi connectivity index (χ1v) is 9.63. The maximum atomic E-state index is 13.1. The van der Waals surface area contributed by atoms with Gasteiger partial charge in [0.1, 0.15) is 17.5 Å². The van der Waals surface area contributed by atoms with Crippen molar-refractivity contribution in [2.24, 2.45) is 0 Å². The normalized spacial score (nSPS) is 17.1. The Bertz CT molecular complexity index is 1130. The van der Waals surface area contributed by atoms with Crippen molar-refractivity contribution in [1.82, 2.24) is 24.2 Å². The summed E-state index contributed by atoms with van der Waals surface area (Å²) in [5.41, 5.74) is -0.345. The van der Waals surface area contributed by atoms with Crippen LogP contribution in [0.1, 0.15) is 25.8 Å². The second kappa shape index (κ2) is 7.45. The molecule has 0 spiro atoms. The first-order valence-electron chi connectivity index (χ1n) is 9.63. The number of rotatable bonds is 4. The van der Waals surface area contributed by atoms with E-state index in [2.05, 4.69) is 10.1 Å². The second-order valence-corrected chi connectivity index (χ2v) is 7.50. The van der Waals surface area contributed by atoms with Crippen LogP contribution in [-0.2, 0) is 0 Å².